The summed E-state index contributed by atoms with van der Waals surface area (Å²) >= 11 is 0. The third-order valence-corrected chi connectivity index (χ3v) is 5.05. The first-order valence-corrected chi connectivity index (χ1v) is 9.37. The molecule has 1 aromatic carbocycles. The Balaban J connectivity index is 1.53. The fourth-order valence-electron chi connectivity index (χ4n) is 3.61. The zero-order valence-corrected chi connectivity index (χ0v) is 16.1. The van der Waals surface area contributed by atoms with Crippen molar-refractivity contribution < 1.29 is 9.53 Å². The van der Waals surface area contributed by atoms with E-state index in [4.69, 9.17) is 11.2 Å². The number of carbonyl (C=O) groups is 1. The Kier molecular flexibility index (Phi) is 4.17. The van der Waals surface area contributed by atoms with Crippen molar-refractivity contribution in [2.75, 3.05) is 11.9 Å². The molecule has 5 rings (SSSR count). The van der Waals surface area contributed by atoms with Crippen molar-refractivity contribution in [3.8, 4) is 23.9 Å². The van der Waals surface area contributed by atoms with E-state index in [1.54, 1.807) is 21.5 Å². The average molecular weight is 399 g/mol. The van der Waals surface area contributed by atoms with Gasteiger partial charge in [0, 0.05) is 17.9 Å². The van der Waals surface area contributed by atoms with Crippen LogP contribution in [-0.2, 0) is 4.79 Å². The monoisotopic (exact) mass is 399 g/mol. The number of terminal acetylenes is 1. The molecule has 1 aliphatic rings. The minimum Gasteiger partial charge on any atom is -0.481 e. The summed E-state index contributed by atoms with van der Waals surface area (Å²) in [6.45, 7) is 2.04. The lowest BCUT2D eigenvalue weighted by atomic mass is 9.87. The van der Waals surface area contributed by atoms with Crippen LogP contribution >= 0.6 is 0 Å². The van der Waals surface area contributed by atoms with Crippen LogP contribution < -0.4 is 10.1 Å². The molecule has 0 fully saturated rings. The van der Waals surface area contributed by atoms with Crippen molar-refractivity contribution in [1.82, 2.24) is 29.6 Å². The van der Waals surface area contributed by atoms with Gasteiger partial charge < -0.3 is 10.1 Å². The molecule has 9 nitrogen and oxygen atoms in total. The second kappa shape index (κ2) is 7.00. The maximum absolute atomic E-state index is 12.5. The highest BCUT2D eigenvalue weighted by Crippen LogP contribution is 2.38. The zero-order chi connectivity index (χ0) is 20.7. The SMILES string of the molecule is C#CCOc1ccc(C2CC(=O)Nc3c2cnn3-c2ccc3nnc(C)n3n2)cc1. The van der Waals surface area contributed by atoms with Gasteiger partial charge in [-0.25, -0.2) is 0 Å². The van der Waals surface area contributed by atoms with Gasteiger partial charge in [-0.15, -0.1) is 21.7 Å². The molecule has 9 heteroatoms. The summed E-state index contributed by atoms with van der Waals surface area (Å²) in [4.78, 5) is 12.5. The summed E-state index contributed by atoms with van der Waals surface area (Å²) in [5.74, 6) is 4.77. The van der Waals surface area contributed by atoms with Crippen LogP contribution in [0.25, 0.3) is 11.5 Å². The smallest absolute Gasteiger partial charge is 0.226 e. The molecule has 0 saturated carbocycles. The number of nitrogens with one attached hydrogen (secondary N) is 1. The van der Waals surface area contributed by atoms with Crippen LogP contribution in [0.15, 0.2) is 42.6 Å². The number of ether oxygens (including phenoxy) is 1. The van der Waals surface area contributed by atoms with Crippen molar-refractivity contribution in [1.29, 1.82) is 0 Å². The number of hydrogen-bond donors (Lipinski definition) is 1. The van der Waals surface area contributed by atoms with E-state index in [0.717, 1.165) is 11.1 Å². The van der Waals surface area contributed by atoms with Crippen molar-refractivity contribution in [2.24, 2.45) is 0 Å². The molecule has 0 spiro atoms. The molecule has 4 heterocycles. The molecule has 0 aliphatic carbocycles. The largest absolute Gasteiger partial charge is 0.481 e. The van der Waals surface area contributed by atoms with Gasteiger partial charge in [0.15, 0.2) is 17.3 Å². The first-order chi connectivity index (χ1) is 14.6. The molecule has 1 atom stereocenters. The summed E-state index contributed by atoms with van der Waals surface area (Å²) in [6.07, 6.45) is 7.34. The van der Waals surface area contributed by atoms with Crippen molar-refractivity contribution in [3.05, 3.63) is 59.5 Å². The minimum atomic E-state index is -0.121. The molecule has 1 amide bonds. The number of benzene rings is 1. The van der Waals surface area contributed by atoms with Crippen LogP contribution in [0.2, 0.25) is 0 Å². The van der Waals surface area contributed by atoms with E-state index in [1.165, 1.54) is 0 Å². The van der Waals surface area contributed by atoms with Crippen LogP contribution in [-0.4, -0.2) is 42.1 Å². The Morgan fingerprint density at radius 2 is 2.07 bits per heavy atom. The van der Waals surface area contributed by atoms with Crippen molar-refractivity contribution in [2.45, 2.75) is 19.3 Å². The Hall–Kier alpha value is -4.19. The predicted octanol–water partition coefficient (Wildman–Crippen LogP) is 2.10. The van der Waals surface area contributed by atoms with E-state index in [-0.39, 0.29) is 18.4 Å². The highest BCUT2D eigenvalue weighted by Gasteiger charge is 2.30. The average Bonchev–Trinajstić information content (AvgIpc) is 3.35. The second-order valence-corrected chi connectivity index (χ2v) is 6.94. The number of aromatic nitrogens is 6. The second-order valence-electron chi connectivity index (χ2n) is 6.94. The normalized spacial score (nSPS) is 15.5. The molecular formula is C21H17N7O2. The summed E-state index contributed by atoms with van der Waals surface area (Å²) in [5.41, 5.74) is 2.57. The van der Waals surface area contributed by atoms with E-state index in [2.05, 4.69) is 31.6 Å². The summed E-state index contributed by atoms with van der Waals surface area (Å²) < 4.78 is 8.70. The van der Waals surface area contributed by atoms with Gasteiger partial charge in [0.05, 0.1) is 6.20 Å². The molecule has 3 aromatic heterocycles. The quantitative estimate of drug-likeness (QED) is 0.528. The van der Waals surface area contributed by atoms with Crippen LogP contribution in [0.1, 0.15) is 29.3 Å². The summed E-state index contributed by atoms with van der Waals surface area (Å²) in [5, 5.41) is 20.1. The highest BCUT2D eigenvalue weighted by atomic mass is 16.5. The minimum absolute atomic E-state index is 0.0801. The van der Waals surface area contributed by atoms with Gasteiger partial charge in [-0.1, -0.05) is 18.1 Å². The van der Waals surface area contributed by atoms with Gasteiger partial charge in [0.25, 0.3) is 0 Å². The van der Waals surface area contributed by atoms with Crippen molar-refractivity contribution in [3.63, 3.8) is 0 Å². The van der Waals surface area contributed by atoms with Gasteiger partial charge in [0.1, 0.15) is 18.2 Å². The number of rotatable bonds is 4. The van der Waals surface area contributed by atoms with E-state index in [0.29, 0.717) is 35.3 Å². The predicted molar refractivity (Wildman–Crippen MR) is 109 cm³/mol. The molecule has 0 radical (unpaired) electrons. The Morgan fingerprint density at radius 3 is 2.87 bits per heavy atom. The first kappa shape index (κ1) is 17.9. The third-order valence-electron chi connectivity index (χ3n) is 5.05. The fourth-order valence-corrected chi connectivity index (χ4v) is 3.61. The molecule has 0 saturated heterocycles. The first-order valence-electron chi connectivity index (χ1n) is 9.37. The van der Waals surface area contributed by atoms with E-state index >= 15 is 0 Å². The number of aryl methyl sites for hydroxylation is 1. The lowest BCUT2D eigenvalue weighted by Crippen LogP contribution is -2.24. The molecule has 4 aromatic rings. The maximum atomic E-state index is 12.5. The van der Waals surface area contributed by atoms with E-state index in [9.17, 15) is 4.79 Å². The number of anilines is 1. The van der Waals surface area contributed by atoms with Crippen LogP contribution in [0.5, 0.6) is 5.75 Å². The lowest BCUT2D eigenvalue weighted by molar-refractivity contribution is -0.116. The van der Waals surface area contributed by atoms with Gasteiger partial charge >= 0.3 is 0 Å². The molecule has 1 aliphatic heterocycles. The van der Waals surface area contributed by atoms with Gasteiger partial charge in [-0.3, -0.25) is 4.79 Å². The van der Waals surface area contributed by atoms with Gasteiger partial charge in [0.2, 0.25) is 5.91 Å². The maximum Gasteiger partial charge on any atom is 0.226 e. The van der Waals surface area contributed by atoms with Crippen LogP contribution in [0, 0.1) is 19.3 Å². The summed E-state index contributed by atoms with van der Waals surface area (Å²) in [7, 11) is 0. The highest BCUT2D eigenvalue weighted by molar-refractivity contribution is 5.94. The molecular weight excluding hydrogens is 382 g/mol. The fraction of sp³-hybridized carbons (Fsp3) is 0.190. The Labute approximate surface area is 171 Å². The van der Waals surface area contributed by atoms with Crippen LogP contribution in [0.3, 0.4) is 0 Å². The molecule has 0 bridgehead atoms. The number of amides is 1. The standard InChI is InChI=1S/C21H17N7O2/c1-3-10-30-15-6-4-14(5-7-15)16-11-20(29)23-21-17(16)12-22-28(21)19-9-8-18-25-24-13(2)27(18)26-19/h1,4-9,12,16H,10-11H2,2H3,(H,23,29). The third kappa shape index (κ3) is 2.95. The number of hydrogen-bond acceptors (Lipinski definition) is 6. The number of nitrogens with zero attached hydrogens (tertiary/aromatic N) is 6. The number of carbonyl (C=O) groups excluding carboxylic acids is 1. The van der Waals surface area contributed by atoms with E-state index in [1.807, 2.05) is 37.3 Å². The van der Waals surface area contributed by atoms with Crippen molar-refractivity contribution >= 4 is 17.4 Å². The van der Waals surface area contributed by atoms with Crippen LogP contribution in [0.4, 0.5) is 5.82 Å². The zero-order valence-electron chi connectivity index (χ0n) is 16.1. The molecule has 1 unspecified atom stereocenters. The molecule has 30 heavy (non-hydrogen) atoms. The van der Waals surface area contributed by atoms with Gasteiger partial charge in [-0.2, -0.15) is 14.3 Å². The lowest BCUT2D eigenvalue weighted by Gasteiger charge is -2.23. The van der Waals surface area contributed by atoms with E-state index < -0.39 is 0 Å². The Bertz CT molecular complexity index is 1300. The van der Waals surface area contributed by atoms with Gasteiger partial charge in [-0.05, 0) is 36.8 Å². The number of fused-ring (bicyclic) bond motifs is 2. The summed E-state index contributed by atoms with van der Waals surface area (Å²) in [6, 6.07) is 11.2. The topological polar surface area (TPSA) is 99.2 Å². The molecule has 148 valence electrons. The Morgan fingerprint density at radius 1 is 1.23 bits per heavy atom. The molecule has 1 N–H and O–H groups in total.